The largest absolute Gasteiger partial charge is 0.351 e. The summed E-state index contributed by atoms with van der Waals surface area (Å²) in [6.07, 6.45) is 0.853. The number of pyridine rings is 1. The molecule has 3 rings (SSSR count). The van der Waals surface area contributed by atoms with E-state index in [0.717, 1.165) is 6.07 Å². The highest BCUT2D eigenvalue weighted by Crippen LogP contribution is 2.20. The van der Waals surface area contributed by atoms with Gasteiger partial charge in [0.2, 0.25) is 16.0 Å². The van der Waals surface area contributed by atoms with Gasteiger partial charge in [-0.25, -0.2) is 26.5 Å². The SMILES string of the molecule is CS(=O)(=O)N1CCC(Nc2ncc3cc(C(F)F)c(=O)[nH]c3n2)CC1. The van der Waals surface area contributed by atoms with Gasteiger partial charge in [0.25, 0.3) is 12.0 Å². The van der Waals surface area contributed by atoms with Gasteiger partial charge >= 0.3 is 0 Å². The van der Waals surface area contributed by atoms with E-state index in [2.05, 4.69) is 20.3 Å². The summed E-state index contributed by atoms with van der Waals surface area (Å²) in [5, 5.41) is 3.40. The van der Waals surface area contributed by atoms with Crippen molar-refractivity contribution in [3.8, 4) is 0 Å². The van der Waals surface area contributed by atoms with Crippen molar-refractivity contribution < 1.29 is 17.2 Å². The van der Waals surface area contributed by atoms with E-state index >= 15 is 0 Å². The predicted octanol–water partition coefficient (Wildman–Crippen LogP) is 1.09. The van der Waals surface area contributed by atoms with Crippen LogP contribution in [0.4, 0.5) is 14.7 Å². The summed E-state index contributed by atoms with van der Waals surface area (Å²) >= 11 is 0. The molecule has 0 unspecified atom stereocenters. The van der Waals surface area contributed by atoms with Crippen LogP contribution in [0.2, 0.25) is 0 Å². The van der Waals surface area contributed by atoms with Crippen molar-refractivity contribution in [3.63, 3.8) is 0 Å². The summed E-state index contributed by atoms with van der Waals surface area (Å²) in [4.78, 5) is 22.2. The number of aromatic nitrogens is 3. The molecule has 0 amide bonds. The highest BCUT2D eigenvalue weighted by Gasteiger charge is 2.25. The molecule has 0 radical (unpaired) electrons. The molecule has 2 N–H and O–H groups in total. The lowest BCUT2D eigenvalue weighted by Crippen LogP contribution is -2.42. The molecular weight excluding hydrogens is 356 g/mol. The van der Waals surface area contributed by atoms with Crippen LogP contribution in [-0.4, -0.2) is 53.1 Å². The van der Waals surface area contributed by atoms with Gasteiger partial charge in [0.15, 0.2) is 0 Å². The molecule has 0 bridgehead atoms. The number of nitrogens with zero attached hydrogens (tertiary/aromatic N) is 3. The number of rotatable bonds is 4. The van der Waals surface area contributed by atoms with Crippen LogP contribution in [0.25, 0.3) is 11.0 Å². The number of H-pyrrole nitrogens is 1. The summed E-state index contributed by atoms with van der Waals surface area (Å²) < 4.78 is 49.9. The lowest BCUT2D eigenvalue weighted by Gasteiger charge is -2.30. The first kappa shape index (κ1) is 17.7. The van der Waals surface area contributed by atoms with Crippen molar-refractivity contribution in [1.29, 1.82) is 0 Å². The minimum absolute atomic E-state index is 0.0116. The number of hydrogen-bond donors (Lipinski definition) is 2. The highest BCUT2D eigenvalue weighted by atomic mass is 32.2. The quantitative estimate of drug-likeness (QED) is 0.831. The van der Waals surface area contributed by atoms with Crippen molar-refractivity contribution >= 4 is 27.0 Å². The summed E-state index contributed by atoms with van der Waals surface area (Å²) in [5.74, 6) is 0.255. The van der Waals surface area contributed by atoms with Gasteiger partial charge in [-0.1, -0.05) is 0 Å². The number of halogens is 2. The molecule has 8 nitrogen and oxygen atoms in total. The standard InChI is InChI=1S/C14H17F2N5O3S/c1-25(23,24)21-4-2-9(3-5-21)18-14-17-7-8-6-10(11(15)16)13(22)19-12(8)20-14/h6-7,9,11H,2-5H2,1H3,(H2,17,18,19,20,22). The van der Waals surface area contributed by atoms with Gasteiger partial charge in [-0.15, -0.1) is 0 Å². The zero-order valence-corrected chi connectivity index (χ0v) is 14.2. The Morgan fingerprint density at radius 3 is 2.64 bits per heavy atom. The van der Waals surface area contributed by atoms with Crippen LogP contribution in [0, 0.1) is 0 Å². The molecule has 0 aromatic carbocycles. The Hall–Kier alpha value is -2.14. The van der Waals surface area contributed by atoms with Crippen LogP contribution >= 0.6 is 0 Å². The molecule has 2 aromatic heterocycles. The zero-order chi connectivity index (χ0) is 18.2. The molecule has 25 heavy (non-hydrogen) atoms. The Morgan fingerprint density at radius 2 is 2.04 bits per heavy atom. The summed E-state index contributed by atoms with van der Waals surface area (Å²) in [5.41, 5.74) is -1.33. The molecule has 1 fully saturated rings. The molecule has 2 aromatic rings. The maximum Gasteiger partial charge on any atom is 0.269 e. The number of alkyl halides is 2. The Kier molecular flexibility index (Phi) is 4.69. The first-order valence-electron chi connectivity index (χ1n) is 7.64. The second kappa shape index (κ2) is 6.64. The minimum Gasteiger partial charge on any atom is -0.351 e. The van der Waals surface area contributed by atoms with Gasteiger partial charge < -0.3 is 10.3 Å². The number of anilines is 1. The molecule has 0 aliphatic carbocycles. The lowest BCUT2D eigenvalue weighted by molar-refractivity contribution is 0.150. The van der Waals surface area contributed by atoms with Crippen LogP contribution < -0.4 is 10.9 Å². The van der Waals surface area contributed by atoms with Gasteiger partial charge in [-0.2, -0.15) is 4.98 Å². The number of hydrogen-bond acceptors (Lipinski definition) is 6. The molecule has 0 saturated carbocycles. The molecule has 136 valence electrons. The fourth-order valence-electron chi connectivity index (χ4n) is 2.76. The number of aromatic amines is 1. The number of piperidine rings is 1. The van der Waals surface area contributed by atoms with E-state index in [9.17, 15) is 22.0 Å². The maximum absolute atomic E-state index is 12.7. The molecule has 1 aliphatic heterocycles. The van der Waals surface area contributed by atoms with Crippen molar-refractivity contribution in [2.24, 2.45) is 0 Å². The highest BCUT2D eigenvalue weighted by molar-refractivity contribution is 7.88. The van der Waals surface area contributed by atoms with E-state index in [1.807, 2.05) is 0 Å². The first-order chi connectivity index (χ1) is 11.7. The molecule has 1 saturated heterocycles. The smallest absolute Gasteiger partial charge is 0.269 e. The minimum atomic E-state index is -3.19. The third-order valence-electron chi connectivity index (χ3n) is 4.11. The average molecular weight is 373 g/mol. The van der Waals surface area contributed by atoms with E-state index in [1.54, 1.807) is 0 Å². The third kappa shape index (κ3) is 3.93. The van der Waals surface area contributed by atoms with E-state index in [-0.39, 0.29) is 17.6 Å². The number of fused-ring (bicyclic) bond motifs is 1. The summed E-state index contributed by atoms with van der Waals surface area (Å²) in [6, 6.07) is 1.07. The zero-order valence-electron chi connectivity index (χ0n) is 13.4. The Labute approximate surface area is 142 Å². The molecule has 1 aliphatic rings. The fraction of sp³-hybridized carbons (Fsp3) is 0.500. The van der Waals surface area contributed by atoms with Gasteiger partial charge in [-0.3, -0.25) is 4.79 Å². The van der Waals surface area contributed by atoms with Crippen molar-refractivity contribution in [2.45, 2.75) is 25.3 Å². The molecule has 0 spiro atoms. The summed E-state index contributed by atoms with van der Waals surface area (Å²) in [7, 11) is -3.19. The Morgan fingerprint density at radius 1 is 1.36 bits per heavy atom. The van der Waals surface area contributed by atoms with E-state index < -0.39 is 27.6 Å². The fourth-order valence-corrected chi connectivity index (χ4v) is 3.63. The van der Waals surface area contributed by atoms with Gasteiger partial charge in [0.05, 0.1) is 11.8 Å². The van der Waals surface area contributed by atoms with Crippen LogP contribution in [0.5, 0.6) is 0 Å². The number of sulfonamides is 1. The van der Waals surface area contributed by atoms with E-state index in [0.29, 0.717) is 31.3 Å². The van der Waals surface area contributed by atoms with Crippen molar-refractivity contribution in [2.75, 3.05) is 24.7 Å². The number of nitrogens with one attached hydrogen (secondary N) is 2. The van der Waals surface area contributed by atoms with Crippen molar-refractivity contribution in [1.82, 2.24) is 19.3 Å². The third-order valence-corrected chi connectivity index (χ3v) is 5.42. The normalized spacial score (nSPS) is 17.3. The Balaban J connectivity index is 1.75. The molecule has 11 heteroatoms. The second-order valence-corrected chi connectivity index (χ2v) is 7.92. The Bertz CT molecular complexity index is 939. The molecular formula is C14H17F2N5O3S. The first-order valence-corrected chi connectivity index (χ1v) is 9.48. The monoisotopic (exact) mass is 373 g/mol. The molecule has 3 heterocycles. The van der Waals surface area contributed by atoms with Crippen LogP contribution in [0.1, 0.15) is 24.8 Å². The van der Waals surface area contributed by atoms with Crippen LogP contribution in [0.3, 0.4) is 0 Å². The van der Waals surface area contributed by atoms with Crippen LogP contribution in [-0.2, 0) is 10.0 Å². The van der Waals surface area contributed by atoms with Gasteiger partial charge in [0, 0.05) is 30.7 Å². The topological polar surface area (TPSA) is 108 Å². The molecule has 0 atom stereocenters. The predicted molar refractivity (Wildman–Crippen MR) is 88.2 cm³/mol. The van der Waals surface area contributed by atoms with E-state index in [1.165, 1.54) is 16.8 Å². The lowest BCUT2D eigenvalue weighted by atomic mass is 10.1. The van der Waals surface area contributed by atoms with E-state index in [4.69, 9.17) is 0 Å². The van der Waals surface area contributed by atoms with Crippen LogP contribution in [0.15, 0.2) is 17.1 Å². The average Bonchev–Trinajstić information content (AvgIpc) is 2.53. The van der Waals surface area contributed by atoms with Gasteiger partial charge in [0.1, 0.15) is 5.65 Å². The maximum atomic E-state index is 12.7. The van der Waals surface area contributed by atoms with Gasteiger partial charge in [-0.05, 0) is 18.9 Å². The van der Waals surface area contributed by atoms with Crippen molar-refractivity contribution in [3.05, 3.63) is 28.2 Å². The summed E-state index contributed by atoms with van der Waals surface area (Å²) in [6.45, 7) is 0.803. The second-order valence-electron chi connectivity index (χ2n) is 5.93.